The Balaban J connectivity index is 2.25. The highest BCUT2D eigenvalue weighted by atomic mass is 32.2. The van der Waals surface area contributed by atoms with Crippen LogP contribution in [0.4, 0.5) is 11.4 Å². The number of nitrogens with zero attached hydrogens (tertiary/aromatic N) is 1. The number of rotatable bonds is 6. The van der Waals surface area contributed by atoms with Crippen LogP contribution in [0.5, 0.6) is 0 Å². The van der Waals surface area contributed by atoms with Crippen LogP contribution in [0.1, 0.15) is 15.9 Å². The fraction of sp³-hybridized carbons (Fsp3) is 0.133. The maximum Gasteiger partial charge on any atom is 0.339 e. The molecule has 0 atom stereocenters. The molecule has 0 fully saturated rings. The lowest BCUT2D eigenvalue weighted by Gasteiger charge is -2.11. The van der Waals surface area contributed by atoms with E-state index in [-0.39, 0.29) is 22.5 Å². The van der Waals surface area contributed by atoms with E-state index in [4.69, 9.17) is 0 Å². The lowest BCUT2D eigenvalue weighted by Crippen LogP contribution is -2.17. The van der Waals surface area contributed by atoms with Gasteiger partial charge in [-0.3, -0.25) is 14.8 Å². The van der Waals surface area contributed by atoms with Gasteiger partial charge in [0.25, 0.3) is 5.69 Å². The second kappa shape index (κ2) is 7.09. The Morgan fingerprint density at radius 1 is 1.21 bits per heavy atom. The average Bonchev–Trinajstić information content (AvgIpc) is 2.54. The van der Waals surface area contributed by atoms with Gasteiger partial charge in [-0.1, -0.05) is 24.3 Å². The molecule has 9 heteroatoms. The number of benzene rings is 2. The van der Waals surface area contributed by atoms with Gasteiger partial charge in [-0.25, -0.2) is 13.2 Å². The third-order valence-electron chi connectivity index (χ3n) is 3.08. The van der Waals surface area contributed by atoms with E-state index in [0.717, 1.165) is 0 Å². The van der Waals surface area contributed by atoms with Crippen LogP contribution < -0.4 is 4.72 Å². The predicted octanol–water partition coefficient (Wildman–Crippen LogP) is 2.32. The number of nitrogens with one attached hydrogen (secondary N) is 1. The summed E-state index contributed by atoms with van der Waals surface area (Å²) in [4.78, 5) is 21.8. The number of methoxy groups -OCH3 is 1. The molecule has 126 valence electrons. The summed E-state index contributed by atoms with van der Waals surface area (Å²) in [6.07, 6.45) is 0. The number of nitro groups is 1. The summed E-state index contributed by atoms with van der Waals surface area (Å²) >= 11 is 0. The summed E-state index contributed by atoms with van der Waals surface area (Å²) in [5.74, 6) is -1.15. The highest BCUT2D eigenvalue weighted by Gasteiger charge is 2.18. The molecule has 0 saturated carbocycles. The molecule has 2 aromatic rings. The van der Waals surface area contributed by atoms with E-state index < -0.39 is 26.7 Å². The number of carbonyl (C=O) groups excluding carboxylic acids is 1. The maximum atomic E-state index is 12.3. The predicted molar refractivity (Wildman–Crippen MR) is 87.1 cm³/mol. The summed E-state index contributed by atoms with van der Waals surface area (Å²) in [5, 5.41) is 10.8. The third-order valence-corrected chi connectivity index (χ3v) is 4.32. The second-order valence-electron chi connectivity index (χ2n) is 4.83. The molecule has 0 aliphatic rings. The van der Waals surface area contributed by atoms with Crippen molar-refractivity contribution in [3.05, 3.63) is 69.8 Å². The van der Waals surface area contributed by atoms with Gasteiger partial charge in [0.2, 0.25) is 10.0 Å². The molecular formula is C15H14N2O6S. The Kier molecular flexibility index (Phi) is 5.14. The quantitative estimate of drug-likeness (QED) is 0.485. The van der Waals surface area contributed by atoms with E-state index in [1.165, 1.54) is 43.5 Å². The Hall–Kier alpha value is -2.94. The largest absolute Gasteiger partial charge is 0.465 e. The number of ether oxygens (including phenoxy) is 1. The van der Waals surface area contributed by atoms with Gasteiger partial charge in [0.15, 0.2) is 0 Å². The van der Waals surface area contributed by atoms with Crippen molar-refractivity contribution in [2.24, 2.45) is 0 Å². The van der Waals surface area contributed by atoms with E-state index in [2.05, 4.69) is 9.46 Å². The number of sulfonamides is 1. The van der Waals surface area contributed by atoms with Crippen LogP contribution in [-0.4, -0.2) is 26.4 Å². The molecule has 24 heavy (non-hydrogen) atoms. The second-order valence-corrected chi connectivity index (χ2v) is 6.55. The van der Waals surface area contributed by atoms with E-state index in [1.54, 1.807) is 12.1 Å². The number of para-hydroxylation sites is 1. The van der Waals surface area contributed by atoms with E-state index in [0.29, 0.717) is 0 Å². The first-order chi connectivity index (χ1) is 11.3. The molecule has 0 aliphatic heterocycles. The monoisotopic (exact) mass is 350 g/mol. The molecule has 0 aromatic heterocycles. The molecule has 0 spiro atoms. The highest BCUT2D eigenvalue weighted by molar-refractivity contribution is 7.91. The number of non-ortho nitro benzene ring substituents is 1. The summed E-state index contributed by atoms with van der Waals surface area (Å²) in [6.45, 7) is 0. The number of anilines is 1. The van der Waals surface area contributed by atoms with Gasteiger partial charge in [0.05, 0.1) is 29.0 Å². The molecule has 0 heterocycles. The zero-order chi connectivity index (χ0) is 17.7. The van der Waals surface area contributed by atoms with Crippen molar-refractivity contribution in [1.82, 2.24) is 0 Å². The van der Waals surface area contributed by atoms with Gasteiger partial charge in [0, 0.05) is 12.1 Å². The van der Waals surface area contributed by atoms with Crippen molar-refractivity contribution in [2.45, 2.75) is 5.75 Å². The first-order valence-electron chi connectivity index (χ1n) is 6.73. The van der Waals surface area contributed by atoms with Crippen molar-refractivity contribution in [3.63, 3.8) is 0 Å². The standard InChI is InChI=1S/C15H14N2O6S/c1-23-15(18)13-7-2-3-8-14(13)16-24(21,22)10-11-5-4-6-12(9-11)17(19)20/h2-9,16H,10H2,1H3. The van der Waals surface area contributed by atoms with Crippen LogP contribution in [0.2, 0.25) is 0 Å². The minimum Gasteiger partial charge on any atom is -0.465 e. The molecule has 0 bridgehead atoms. The summed E-state index contributed by atoms with van der Waals surface area (Å²) in [7, 11) is -2.68. The van der Waals surface area contributed by atoms with Crippen molar-refractivity contribution in [3.8, 4) is 0 Å². The fourth-order valence-corrected chi connectivity index (χ4v) is 3.25. The highest BCUT2D eigenvalue weighted by Crippen LogP contribution is 2.20. The zero-order valence-corrected chi connectivity index (χ0v) is 13.4. The van der Waals surface area contributed by atoms with Crippen LogP contribution in [-0.2, 0) is 20.5 Å². The van der Waals surface area contributed by atoms with Gasteiger partial charge in [-0.15, -0.1) is 0 Å². The molecule has 0 aliphatic carbocycles. The lowest BCUT2D eigenvalue weighted by molar-refractivity contribution is -0.384. The maximum absolute atomic E-state index is 12.3. The topological polar surface area (TPSA) is 116 Å². The fourth-order valence-electron chi connectivity index (χ4n) is 2.04. The van der Waals surface area contributed by atoms with Crippen LogP contribution >= 0.6 is 0 Å². The van der Waals surface area contributed by atoms with Crippen LogP contribution in [0.25, 0.3) is 0 Å². The van der Waals surface area contributed by atoms with Gasteiger partial charge in [0.1, 0.15) is 0 Å². The van der Waals surface area contributed by atoms with Crippen molar-refractivity contribution < 1.29 is 22.9 Å². The summed E-state index contributed by atoms with van der Waals surface area (Å²) in [6, 6.07) is 11.3. The first-order valence-corrected chi connectivity index (χ1v) is 8.39. The molecule has 0 amide bonds. The van der Waals surface area contributed by atoms with Crippen molar-refractivity contribution in [2.75, 3.05) is 11.8 Å². The van der Waals surface area contributed by atoms with Gasteiger partial charge >= 0.3 is 5.97 Å². The zero-order valence-electron chi connectivity index (χ0n) is 12.6. The van der Waals surface area contributed by atoms with E-state index >= 15 is 0 Å². The minimum absolute atomic E-state index is 0.0719. The van der Waals surface area contributed by atoms with E-state index in [1.807, 2.05) is 0 Å². The van der Waals surface area contributed by atoms with Crippen LogP contribution in [0, 0.1) is 10.1 Å². The smallest absolute Gasteiger partial charge is 0.339 e. The molecule has 0 radical (unpaired) electrons. The number of carbonyl (C=O) groups is 1. The average molecular weight is 350 g/mol. The minimum atomic E-state index is -3.87. The normalized spacial score (nSPS) is 10.9. The number of esters is 1. The first kappa shape index (κ1) is 17.4. The molecule has 1 N–H and O–H groups in total. The van der Waals surface area contributed by atoms with Crippen LogP contribution in [0.3, 0.4) is 0 Å². The Morgan fingerprint density at radius 2 is 1.92 bits per heavy atom. The van der Waals surface area contributed by atoms with Gasteiger partial charge < -0.3 is 4.74 Å². The molecule has 0 unspecified atom stereocenters. The number of hydrogen-bond acceptors (Lipinski definition) is 6. The summed E-state index contributed by atoms with van der Waals surface area (Å²) < 4.78 is 31.5. The Labute approximate surface area is 138 Å². The molecule has 2 rings (SSSR count). The van der Waals surface area contributed by atoms with E-state index in [9.17, 15) is 23.3 Å². The molecule has 8 nitrogen and oxygen atoms in total. The van der Waals surface area contributed by atoms with Crippen molar-refractivity contribution >= 4 is 27.4 Å². The van der Waals surface area contributed by atoms with Crippen molar-refractivity contribution in [1.29, 1.82) is 0 Å². The molecule has 0 saturated heterocycles. The molecule has 2 aromatic carbocycles. The Morgan fingerprint density at radius 3 is 2.58 bits per heavy atom. The third kappa shape index (κ3) is 4.29. The van der Waals surface area contributed by atoms with Gasteiger partial charge in [-0.2, -0.15) is 0 Å². The van der Waals surface area contributed by atoms with Crippen LogP contribution in [0.15, 0.2) is 48.5 Å². The number of nitro benzene ring substituents is 1. The Bertz CT molecular complexity index is 879. The van der Waals surface area contributed by atoms with Gasteiger partial charge in [-0.05, 0) is 17.7 Å². The summed E-state index contributed by atoms with van der Waals surface area (Å²) in [5.41, 5.74) is 0.210. The molecular weight excluding hydrogens is 336 g/mol. The lowest BCUT2D eigenvalue weighted by atomic mass is 10.2. The SMILES string of the molecule is COC(=O)c1ccccc1NS(=O)(=O)Cc1cccc([N+](=O)[O-])c1. The number of hydrogen-bond donors (Lipinski definition) is 1.